The SMILES string of the molecule is CCCn1nc(C)c(F)c1C(=O)O. The summed E-state index contributed by atoms with van der Waals surface area (Å²) in [7, 11) is 0. The van der Waals surface area contributed by atoms with E-state index in [2.05, 4.69) is 5.10 Å². The van der Waals surface area contributed by atoms with Gasteiger partial charge >= 0.3 is 5.97 Å². The Morgan fingerprint density at radius 1 is 1.69 bits per heavy atom. The third kappa shape index (κ3) is 1.68. The van der Waals surface area contributed by atoms with Crippen LogP contribution in [0.4, 0.5) is 4.39 Å². The van der Waals surface area contributed by atoms with Crippen LogP contribution in [0, 0.1) is 12.7 Å². The van der Waals surface area contributed by atoms with E-state index in [1.165, 1.54) is 11.6 Å². The smallest absolute Gasteiger partial charge is 0.357 e. The highest BCUT2D eigenvalue weighted by molar-refractivity contribution is 5.86. The summed E-state index contributed by atoms with van der Waals surface area (Å²) in [6, 6.07) is 0. The Balaban J connectivity index is 3.18. The molecule has 0 saturated heterocycles. The van der Waals surface area contributed by atoms with Crippen LogP contribution in [-0.2, 0) is 6.54 Å². The molecule has 0 fully saturated rings. The number of nitrogens with zero attached hydrogens (tertiary/aromatic N) is 2. The molecule has 1 aromatic heterocycles. The predicted molar refractivity (Wildman–Crippen MR) is 44.2 cm³/mol. The van der Waals surface area contributed by atoms with Crippen molar-refractivity contribution in [2.45, 2.75) is 26.8 Å². The summed E-state index contributed by atoms with van der Waals surface area (Å²) >= 11 is 0. The molecule has 1 aromatic rings. The monoisotopic (exact) mass is 186 g/mol. The first-order chi connectivity index (χ1) is 6.07. The molecule has 0 saturated carbocycles. The molecule has 72 valence electrons. The Kier molecular flexibility index (Phi) is 2.65. The van der Waals surface area contributed by atoms with Crippen LogP contribution >= 0.6 is 0 Å². The average molecular weight is 186 g/mol. The van der Waals surface area contributed by atoms with Crippen molar-refractivity contribution >= 4 is 5.97 Å². The Morgan fingerprint density at radius 3 is 2.77 bits per heavy atom. The number of aryl methyl sites for hydroxylation is 2. The third-order valence-electron chi connectivity index (χ3n) is 1.69. The molecule has 1 rings (SSSR count). The fraction of sp³-hybridized carbons (Fsp3) is 0.500. The van der Waals surface area contributed by atoms with E-state index in [9.17, 15) is 9.18 Å². The molecule has 4 nitrogen and oxygen atoms in total. The number of hydrogen-bond donors (Lipinski definition) is 1. The number of carbonyl (C=O) groups is 1. The zero-order chi connectivity index (χ0) is 10.0. The number of hydrogen-bond acceptors (Lipinski definition) is 2. The molecule has 0 radical (unpaired) electrons. The molecule has 13 heavy (non-hydrogen) atoms. The van der Waals surface area contributed by atoms with Gasteiger partial charge in [-0.3, -0.25) is 4.68 Å². The van der Waals surface area contributed by atoms with Gasteiger partial charge in [0.1, 0.15) is 0 Å². The number of aromatic carboxylic acids is 1. The lowest BCUT2D eigenvalue weighted by Gasteiger charge is -2.00. The fourth-order valence-electron chi connectivity index (χ4n) is 1.14. The van der Waals surface area contributed by atoms with Crippen molar-refractivity contribution in [1.82, 2.24) is 9.78 Å². The van der Waals surface area contributed by atoms with Gasteiger partial charge in [0.2, 0.25) is 0 Å². The van der Waals surface area contributed by atoms with Crippen LogP contribution in [-0.4, -0.2) is 20.9 Å². The second-order valence-corrected chi connectivity index (χ2v) is 2.78. The van der Waals surface area contributed by atoms with Gasteiger partial charge in [-0.1, -0.05) is 6.92 Å². The van der Waals surface area contributed by atoms with Gasteiger partial charge in [0.05, 0.1) is 5.69 Å². The second kappa shape index (κ2) is 3.55. The molecule has 1 N–H and O–H groups in total. The number of carboxylic acid groups (broad SMARTS) is 1. The Hall–Kier alpha value is -1.39. The molecule has 0 aliphatic rings. The first kappa shape index (κ1) is 9.70. The lowest BCUT2D eigenvalue weighted by Crippen LogP contribution is -2.10. The summed E-state index contributed by atoms with van der Waals surface area (Å²) < 4.78 is 14.3. The van der Waals surface area contributed by atoms with Crippen molar-refractivity contribution in [1.29, 1.82) is 0 Å². The van der Waals surface area contributed by atoms with Crippen LogP contribution in [0.5, 0.6) is 0 Å². The predicted octanol–water partition coefficient (Wildman–Crippen LogP) is 1.44. The molecule has 0 unspecified atom stereocenters. The molecule has 1 heterocycles. The first-order valence-electron chi connectivity index (χ1n) is 4.04. The molecule has 0 aliphatic heterocycles. The van der Waals surface area contributed by atoms with Gasteiger partial charge in [-0.15, -0.1) is 0 Å². The van der Waals surface area contributed by atoms with Crippen LogP contribution in [0.1, 0.15) is 29.5 Å². The molecule has 0 spiro atoms. The minimum atomic E-state index is -1.27. The Bertz CT molecular complexity index is 333. The topological polar surface area (TPSA) is 55.1 Å². The first-order valence-corrected chi connectivity index (χ1v) is 4.04. The highest BCUT2D eigenvalue weighted by Gasteiger charge is 2.20. The molecular weight excluding hydrogens is 175 g/mol. The van der Waals surface area contributed by atoms with Crippen LogP contribution in [0.25, 0.3) is 0 Å². The van der Waals surface area contributed by atoms with Crippen LogP contribution in [0.2, 0.25) is 0 Å². The highest BCUT2D eigenvalue weighted by atomic mass is 19.1. The second-order valence-electron chi connectivity index (χ2n) is 2.78. The summed E-state index contributed by atoms with van der Waals surface area (Å²) in [6.45, 7) is 3.75. The molecular formula is C8H11FN2O2. The normalized spacial score (nSPS) is 10.4. The maximum atomic E-state index is 13.1. The van der Waals surface area contributed by atoms with E-state index >= 15 is 0 Å². The fourth-order valence-corrected chi connectivity index (χ4v) is 1.14. The molecule has 0 aliphatic carbocycles. The maximum absolute atomic E-state index is 13.1. The van der Waals surface area contributed by atoms with Crippen LogP contribution in [0.15, 0.2) is 0 Å². The van der Waals surface area contributed by atoms with Gasteiger partial charge in [-0.05, 0) is 13.3 Å². The third-order valence-corrected chi connectivity index (χ3v) is 1.69. The average Bonchev–Trinajstić information content (AvgIpc) is 2.28. The lowest BCUT2D eigenvalue weighted by atomic mass is 10.3. The Labute approximate surface area is 75.0 Å². The van der Waals surface area contributed by atoms with E-state index in [0.717, 1.165) is 6.42 Å². The van der Waals surface area contributed by atoms with Crippen LogP contribution in [0.3, 0.4) is 0 Å². The van der Waals surface area contributed by atoms with E-state index < -0.39 is 11.8 Å². The number of aromatic nitrogens is 2. The van der Waals surface area contributed by atoms with Crippen molar-refractivity contribution in [2.75, 3.05) is 0 Å². The molecule has 5 heteroatoms. The summed E-state index contributed by atoms with van der Waals surface area (Å²) in [5.41, 5.74) is -0.217. The van der Waals surface area contributed by atoms with E-state index in [4.69, 9.17) is 5.11 Å². The Morgan fingerprint density at radius 2 is 2.31 bits per heavy atom. The van der Waals surface area contributed by atoms with Gasteiger partial charge in [0.15, 0.2) is 11.5 Å². The van der Waals surface area contributed by atoms with Crippen LogP contribution < -0.4 is 0 Å². The van der Waals surface area contributed by atoms with Crippen molar-refractivity contribution in [3.8, 4) is 0 Å². The summed E-state index contributed by atoms with van der Waals surface area (Å²) in [6.07, 6.45) is 0.723. The zero-order valence-corrected chi connectivity index (χ0v) is 7.54. The van der Waals surface area contributed by atoms with E-state index in [0.29, 0.717) is 6.54 Å². The quantitative estimate of drug-likeness (QED) is 0.777. The standard InChI is InChI=1S/C8H11FN2O2/c1-3-4-11-7(8(12)13)6(9)5(2)10-11/h3-4H2,1-2H3,(H,12,13). The van der Waals surface area contributed by atoms with Gasteiger partial charge in [0, 0.05) is 6.54 Å². The summed E-state index contributed by atoms with van der Waals surface area (Å²) in [5, 5.41) is 12.5. The van der Waals surface area contributed by atoms with Gasteiger partial charge in [0.25, 0.3) is 0 Å². The number of carboxylic acids is 1. The summed E-state index contributed by atoms with van der Waals surface area (Å²) in [5.74, 6) is -2.01. The molecule has 0 bridgehead atoms. The highest BCUT2D eigenvalue weighted by Crippen LogP contribution is 2.11. The minimum Gasteiger partial charge on any atom is -0.476 e. The van der Waals surface area contributed by atoms with E-state index in [1.807, 2.05) is 6.92 Å². The van der Waals surface area contributed by atoms with E-state index in [-0.39, 0.29) is 11.4 Å². The maximum Gasteiger partial charge on any atom is 0.357 e. The van der Waals surface area contributed by atoms with Gasteiger partial charge in [-0.25, -0.2) is 9.18 Å². The minimum absolute atomic E-state index is 0.130. The van der Waals surface area contributed by atoms with Gasteiger partial charge < -0.3 is 5.11 Å². The lowest BCUT2D eigenvalue weighted by molar-refractivity contribution is 0.0677. The summed E-state index contributed by atoms with van der Waals surface area (Å²) in [4.78, 5) is 10.6. The van der Waals surface area contributed by atoms with E-state index in [1.54, 1.807) is 0 Å². The van der Waals surface area contributed by atoms with Crippen molar-refractivity contribution in [2.24, 2.45) is 0 Å². The molecule has 0 amide bonds. The molecule has 0 aromatic carbocycles. The van der Waals surface area contributed by atoms with Crippen molar-refractivity contribution in [3.05, 3.63) is 17.2 Å². The molecule has 0 atom stereocenters. The number of rotatable bonds is 3. The van der Waals surface area contributed by atoms with Crippen molar-refractivity contribution < 1.29 is 14.3 Å². The largest absolute Gasteiger partial charge is 0.476 e. The van der Waals surface area contributed by atoms with Gasteiger partial charge in [-0.2, -0.15) is 5.10 Å². The number of halogens is 1. The van der Waals surface area contributed by atoms with Crippen molar-refractivity contribution in [3.63, 3.8) is 0 Å². The zero-order valence-electron chi connectivity index (χ0n) is 7.54.